The Kier molecular flexibility index (Phi) is 6.61. The molecule has 1 heterocycles. The molecule has 1 rings (SSSR count). The van der Waals surface area contributed by atoms with Crippen LogP contribution in [0.2, 0.25) is 0 Å². The predicted octanol–water partition coefficient (Wildman–Crippen LogP) is 2.59. The molecule has 1 aromatic rings. The van der Waals surface area contributed by atoms with Crippen LogP contribution in [0.15, 0.2) is 16.7 Å². The normalized spacial score (nSPS) is 11.6. The Morgan fingerprint density at radius 2 is 2.10 bits per heavy atom. The van der Waals surface area contributed by atoms with E-state index in [0.717, 1.165) is 17.6 Å². The van der Waals surface area contributed by atoms with Gasteiger partial charge < -0.3 is 15.5 Å². The zero-order chi connectivity index (χ0) is 16.0. The molecular formula is C15H25BrN4O. The first-order valence-electron chi connectivity index (χ1n) is 7.07. The van der Waals surface area contributed by atoms with Crippen molar-refractivity contribution in [3.8, 4) is 0 Å². The van der Waals surface area contributed by atoms with Crippen LogP contribution < -0.4 is 10.6 Å². The fourth-order valence-electron chi connectivity index (χ4n) is 2.25. The summed E-state index contributed by atoms with van der Waals surface area (Å²) < 4.78 is 0.793. The van der Waals surface area contributed by atoms with E-state index in [4.69, 9.17) is 0 Å². The average Bonchev–Trinajstić information content (AvgIpc) is 2.37. The fourth-order valence-corrected chi connectivity index (χ4v) is 2.58. The van der Waals surface area contributed by atoms with Crippen molar-refractivity contribution in [2.45, 2.75) is 20.8 Å². The lowest BCUT2D eigenvalue weighted by atomic mass is 9.93. The summed E-state index contributed by atoms with van der Waals surface area (Å²) in [5.74, 6) is 0.509. The van der Waals surface area contributed by atoms with E-state index >= 15 is 0 Å². The first-order chi connectivity index (χ1) is 9.75. The van der Waals surface area contributed by atoms with E-state index in [-0.39, 0.29) is 11.3 Å². The van der Waals surface area contributed by atoms with E-state index in [2.05, 4.69) is 50.3 Å². The second-order valence-corrected chi connectivity index (χ2v) is 7.08. The lowest BCUT2D eigenvalue weighted by Gasteiger charge is -2.28. The highest BCUT2D eigenvalue weighted by Gasteiger charge is 2.21. The molecule has 0 aliphatic carbocycles. The van der Waals surface area contributed by atoms with E-state index in [1.807, 2.05) is 21.0 Å². The molecule has 0 radical (unpaired) electrons. The highest BCUT2D eigenvalue weighted by Crippen LogP contribution is 2.19. The standard InChI is InChI=1S/C15H25BrN4O/c1-6-17-13-12(7-11(16)8-18-13)14(21)19-9-15(2,3)10-20(4)5/h7-8H,6,9-10H2,1-5H3,(H,17,18)(H,19,21). The van der Waals surface area contributed by atoms with E-state index < -0.39 is 0 Å². The monoisotopic (exact) mass is 356 g/mol. The topological polar surface area (TPSA) is 57.3 Å². The average molecular weight is 357 g/mol. The highest BCUT2D eigenvalue weighted by molar-refractivity contribution is 9.10. The van der Waals surface area contributed by atoms with Gasteiger partial charge in [0.2, 0.25) is 0 Å². The summed E-state index contributed by atoms with van der Waals surface area (Å²) in [5, 5.41) is 6.12. The van der Waals surface area contributed by atoms with Gasteiger partial charge in [-0.2, -0.15) is 0 Å². The number of pyridine rings is 1. The van der Waals surface area contributed by atoms with Gasteiger partial charge in [-0.15, -0.1) is 0 Å². The molecule has 6 heteroatoms. The van der Waals surface area contributed by atoms with Gasteiger partial charge in [-0.1, -0.05) is 13.8 Å². The molecule has 0 aromatic carbocycles. The first-order valence-corrected chi connectivity index (χ1v) is 7.87. The van der Waals surface area contributed by atoms with Crippen LogP contribution in [0.1, 0.15) is 31.1 Å². The van der Waals surface area contributed by atoms with Gasteiger partial charge >= 0.3 is 0 Å². The SMILES string of the molecule is CCNc1ncc(Br)cc1C(=O)NCC(C)(C)CN(C)C. The van der Waals surface area contributed by atoms with Crippen LogP contribution in [-0.4, -0.2) is 49.5 Å². The van der Waals surface area contributed by atoms with Crippen molar-refractivity contribution in [3.63, 3.8) is 0 Å². The molecule has 21 heavy (non-hydrogen) atoms. The van der Waals surface area contributed by atoms with Crippen LogP contribution in [-0.2, 0) is 0 Å². The number of rotatable bonds is 7. The first kappa shape index (κ1) is 17.9. The van der Waals surface area contributed by atoms with Gasteiger partial charge in [-0.3, -0.25) is 4.79 Å². The van der Waals surface area contributed by atoms with Crippen molar-refractivity contribution >= 4 is 27.7 Å². The molecule has 0 fully saturated rings. The third kappa shape index (κ3) is 6.01. The molecule has 0 aliphatic rings. The lowest BCUT2D eigenvalue weighted by molar-refractivity contribution is 0.0929. The van der Waals surface area contributed by atoms with Crippen molar-refractivity contribution in [2.24, 2.45) is 5.41 Å². The Bertz CT molecular complexity index is 489. The molecular weight excluding hydrogens is 332 g/mol. The summed E-state index contributed by atoms with van der Waals surface area (Å²) in [6.45, 7) is 8.49. The number of amides is 1. The number of nitrogens with one attached hydrogen (secondary N) is 2. The van der Waals surface area contributed by atoms with Crippen LogP contribution >= 0.6 is 15.9 Å². The molecule has 0 saturated heterocycles. The Balaban J connectivity index is 2.77. The van der Waals surface area contributed by atoms with Crippen molar-refractivity contribution in [2.75, 3.05) is 39.0 Å². The number of hydrogen-bond acceptors (Lipinski definition) is 4. The molecule has 0 atom stereocenters. The van der Waals surface area contributed by atoms with E-state index in [0.29, 0.717) is 17.9 Å². The molecule has 5 nitrogen and oxygen atoms in total. The number of aromatic nitrogens is 1. The van der Waals surface area contributed by atoms with E-state index in [1.165, 1.54) is 0 Å². The van der Waals surface area contributed by atoms with Crippen LogP contribution in [0.25, 0.3) is 0 Å². The number of nitrogens with zero attached hydrogens (tertiary/aromatic N) is 2. The van der Waals surface area contributed by atoms with Gasteiger partial charge in [0.1, 0.15) is 5.82 Å². The van der Waals surface area contributed by atoms with E-state index in [1.54, 1.807) is 12.3 Å². The number of halogens is 1. The second kappa shape index (κ2) is 7.75. The van der Waals surface area contributed by atoms with Crippen LogP contribution in [0.4, 0.5) is 5.82 Å². The van der Waals surface area contributed by atoms with Gasteiger partial charge in [0.05, 0.1) is 5.56 Å². The maximum Gasteiger partial charge on any atom is 0.255 e. The van der Waals surface area contributed by atoms with Crippen LogP contribution in [0.3, 0.4) is 0 Å². The smallest absolute Gasteiger partial charge is 0.255 e. The Morgan fingerprint density at radius 3 is 2.67 bits per heavy atom. The third-order valence-corrected chi connectivity index (χ3v) is 3.35. The Labute approximate surface area is 135 Å². The van der Waals surface area contributed by atoms with Crippen molar-refractivity contribution < 1.29 is 4.79 Å². The Morgan fingerprint density at radius 1 is 1.43 bits per heavy atom. The van der Waals surface area contributed by atoms with Gasteiger partial charge in [0, 0.05) is 30.3 Å². The summed E-state index contributed by atoms with van der Waals surface area (Å²) in [4.78, 5) is 18.8. The van der Waals surface area contributed by atoms with Gasteiger partial charge in [-0.25, -0.2) is 4.98 Å². The van der Waals surface area contributed by atoms with E-state index in [9.17, 15) is 4.79 Å². The maximum atomic E-state index is 12.4. The third-order valence-electron chi connectivity index (χ3n) is 2.91. The van der Waals surface area contributed by atoms with Crippen molar-refractivity contribution in [1.29, 1.82) is 0 Å². The molecule has 0 unspecified atom stereocenters. The largest absolute Gasteiger partial charge is 0.370 e. The minimum absolute atomic E-state index is 0.0109. The van der Waals surface area contributed by atoms with Crippen molar-refractivity contribution in [1.82, 2.24) is 15.2 Å². The van der Waals surface area contributed by atoms with Gasteiger partial charge in [-0.05, 0) is 48.4 Å². The molecule has 118 valence electrons. The molecule has 1 aromatic heterocycles. The fraction of sp³-hybridized carbons (Fsp3) is 0.600. The number of carbonyl (C=O) groups excluding carboxylic acids is 1. The molecule has 0 aliphatic heterocycles. The minimum atomic E-state index is -0.105. The number of carbonyl (C=O) groups is 1. The minimum Gasteiger partial charge on any atom is -0.370 e. The van der Waals surface area contributed by atoms with Gasteiger partial charge in [0.15, 0.2) is 0 Å². The quantitative estimate of drug-likeness (QED) is 0.788. The maximum absolute atomic E-state index is 12.4. The highest BCUT2D eigenvalue weighted by atomic mass is 79.9. The molecule has 0 bridgehead atoms. The number of anilines is 1. The summed E-state index contributed by atoms with van der Waals surface area (Å²) >= 11 is 3.36. The molecule has 1 amide bonds. The van der Waals surface area contributed by atoms with Crippen LogP contribution in [0, 0.1) is 5.41 Å². The number of hydrogen-bond donors (Lipinski definition) is 2. The zero-order valence-electron chi connectivity index (χ0n) is 13.5. The summed E-state index contributed by atoms with van der Waals surface area (Å²) in [6.07, 6.45) is 1.69. The van der Waals surface area contributed by atoms with Crippen LogP contribution in [0.5, 0.6) is 0 Å². The molecule has 0 spiro atoms. The van der Waals surface area contributed by atoms with Gasteiger partial charge in [0.25, 0.3) is 5.91 Å². The lowest BCUT2D eigenvalue weighted by Crippen LogP contribution is -2.40. The zero-order valence-corrected chi connectivity index (χ0v) is 15.0. The second-order valence-electron chi connectivity index (χ2n) is 6.16. The molecule has 0 saturated carbocycles. The Hall–Kier alpha value is -1.14. The summed E-state index contributed by atoms with van der Waals surface area (Å²) in [6, 6.07) is 1.79. The van der Waals surface area contributed by atoms with Crippen molar-refractivity contribution in [3.05, 3.63) is 22.3 Å². The summed E-state index contributed by atoms with van der Waals surface area (Å²) in [7, 11) is 4.07. The summed E-state index contributed by atoms with van der Waals surface area (Å²) in [5.41, 5.74) is 0.573. The molecule has 2 N–H and O–H groups in total. The predicted molar refractivity (Wildman–Crippen MR) is 90.8 cm³/mol.